The first-order valence-electron chi connectivity index (χ1n) is 11.9. The summed E-state index contributed by atoms with van der Waals surface area (Å²) in [4.78, 5) is 8.75. The van der Waals surface area contributed by atoms with Crippen LogP contribution in [0.2, 0.25) is 0 Å². The lowest BCUT2D eigenvalue weighted by Crippen LogP contribution is -1.97. The van der Waals surface area contributed by atoms with Gasteiger partial charge in [-0.25, -0.2) is 4.98 Å². The number of hydrogen-bond acceptors (Lipinski definition) is 6. The zero-order valence-electron chi connectivity index (χ0n) is 21.9. The zero-order chi connectivity index (χ0) is 26.1. The summed E-state index contributed by atoms with van der Waals surface area (Å²) in [6.45, 7) is 19.3. The lowest BCUT2D eigenvalue weighted by Gasteiger charge is -2.05. The van der Waals surface area contributed by atoms with Crippen molar-refractivity contribution >= 4 is 27.4 Å². The average molecular weight is 494 g/mol. The number of nitrogens with zero attached hydrogens (tertiary/aromatic N) is 2. The predicted molar refractivity (Wildman–Crippen MR) is 151 cm³/mol. The molecule has 0 spiro atoms. The Hall–Kier alpha value is -3.38. The molecule has 0 bridgehead atoms. The zero-order valence-corrected chi connectivity index (χ0v) is 22.7. The maximum atomic E-state index is 5.84. The maximum absolute atomic E-state index is 5.84. The Morgan fingerprint density at radius 2 is 2.06 bits per heavy atom. The molecule has 3 aromatic rings. The number of allylic oxidation sites excluding steroid dienone is 6. The molecule has 5 nitrogen and oxygen atoms in total. The van der Waals surface area contributed by atoms with Crippen LogP contribution < -0.4 is 5.32 Å². The molecule has 1 atom stereocenters. The molecule has 0 aliphatic carbocycles. The second-order valence-corrected chi connectivity index (χ2v) is 8.36. The summed E-state index contributed by atoms with van der Waals surface area (Å²) in [6.07, 6.45) is 16.6. The predicted octanol–water partition coefficient (Wildman–Crippen LogP) is 9.06. The fourth-order valence-electron chi connectivity index (χ4n) is 2.94. The van der Waals surface area contributed by atoms with Gasteiger partial charge < -0.3 is 14.5 Å². The summed E-state index contributed by atoms with van der Waals surface area (Å²) in [5.41, 5.74) is 2.71. The molecule has 0 amide bonds. The molecule has 3 aromatic heterocycles. The Morgan fingerprint density at radius 1 is 1.31 bits per heavy atom. The maximum Gasteiger partial charge on any atom is 0.187 e. The van der Waals surface area contributed by atoms with Crippen molar-refractivity contribution in [3.63, 3.8) is 0 Å². The highest BCUT2D eigenvalue weighted by Crippen LogP contribution is 2.23. The molecule has 0 aromatic carbocycles. The minimum atomic E-state index is 0.498. The van der Waals surface area contributed by atoms with E-state index in [-0.39, 0.29) is 0 Å². The van der Waals surface area contributed by atoms with E-state index in [1.54, 1.807) is 36.1 Å². The highest BCUT2D eigenvalue weighted by molar-refractivity contribution is 7.13. The van der Waals surface area contributed by atoms with Gasteiger partial charge in [-0.15, -0.1) is 17.9 Å². The summed E-state index contributed by atoms with van der Waals surface area (Å²) in [6, 6.07) is 3.88. The van der Waals surface area contributed by atoms with E-state index in [0.717, 1.165) is 39.7 Å². The third-order valence-corrected chi connectivity index (χ3v) is 5.11. The van der Waals surface area contributed by atoms with Gasteiger partial charge in [0.05, 0.1) is 12.0 Å². The second-order valence-electron chi connectivity index (χ2n) is 7.50. The van der Waals surface area contributed by atoms with E-state index in [1.807, 2.05) is 64.3 Å². The summed E-state index contributed by atoms with van der Waals surface area (Å²) in [7, 11) is 0. The molecule has 0 aliphatic rings. The Bertz CT molecular complexity index is 1090. The highest BCUT2D eigenvalue weighted by atomic mass is 32.1. The van der Waals surface area contributed by atoms with Crippen molar-refractivity contribution in [3.8, 4) is 0 Å². The number of aromatic nitrogens is 2. The third kappa shape index (κ3) is 11.5. The number of hydrogen-bond donors (Lipinski definition) is 1. The van der Waals surface area contributed by atoms with Crippen LogP contribution in [0.3, 0.4) is 0 Å². The Morgan fingerprint density at radius 3 is 2.74 bits per heavy atom. The standard InChI is InChI=1S/C24H27N3O2S.C3H6.C2H6/c1-5-7-17(2)8-6-11-28-19(4)12-18(3)26-24-27-21(16-30-24)14-22-13-20-15-25-10-9-23(20)29-22;1-3-2;1-2/h5-7,9-13,15-17H,4,8,14H2,1-3H3,(H,26,27);3H,1H2,2H3;1-2H3/b7-5-,11-6+,18-12+;;. The largest absolute Gasteiger partial charge is 0.466 e. The van der Waals surface area contributed by atoms with Gasteiger partial charge in [0.15, 0.2) is 5.13 Å². The van der Waals surface area contributed by atoms with Crippen LogP contribution >= 0.6 is 11.3 Å². The van der Waals surface area contributed by atoms with Gasteiger partial charge in [-0.3, -0.25) is 4.98 Å². The molecule has 0 saturated carbocycles. The summed E-state index contributed by atoms with van der Waals surface area (Å²) in [5.74, 6) is 1.94. The quantitative estimate of drug-likeness (QED) is 0.173. The monoisotopic (exact) mass is 493 g/mol. The van der Waals surface area contributed by atoms with Crippen molar-refractivity contribution in [2.45, 2.75) is 54.4 Å². The van der Waals surface area contributed by atoms with Gasteiger partial charge in [-0.2, -0.15) is 0 Å². The van der Waals surface area contributed by atoms with Gasteiger partial charge in [0, 0.05) is 35.3 Å². The van der Waals surface area contributed by atoms with Crippen LogP contribution in [0.15, 0.2) is 95.6 Å². The van der Waals surface area contributed by atoms with Crippen molar-refractivity contribution in [2.75, 3.05) is 5.32 Å². The molecule has 3 heterocycles. The van der Waals surface area contributed by atoms with Crippen molar-refractivity contribution in [3.05, 3.63) is 103 Å². The van der Waals surface area contributed by atoms with Crippen LogP contribution in [0.25, 0.3) is 11.0 Å². The molecule has 6 heteroatoms. The van der Waals surface area contributed by atoms with Crippen LogP contribution in [-0.2, 0) is 11.2 Å². The first-order chi connectivity index (χ1) is 16.9. The molecule has 35 heavy (non-hydrogen) atoms. The molecular formula is C29H39N3O2S. The van der Waals surface area contributed by atoms with Gasteiger partial charge in [-0.05, 0) is 57.4 Å². The summed E-state index contributed by atoms with van der Waals surface area (Å²) < 4.78 is 11.4. The molecule has 0 saturated heterocycles. The van der Waals surface area contributed by atoms with Crippen LogP contribution in [0.5, 0.6) is 0 Å². The number of fused-ring (bicyclic) bond motifs is 1. The van der Waals surface area contributed by atoms with Crippen LogP contribution in [0.4, 0.5) is 5.13 Å². The molecule has 1 unspecified atom stereocenters. The number of thiazole rings is 1. The number of pyridine rings is 1. The fourth-order valence-corrected chi connectivity index (χ4v) is 3.72. The number of anilines is 1. The average Bonchev–Trinajstić information content (AvgIpc) is 3.44. The Kier molecular flexibility index (Phi) is 14.5. The van der Waals surface area contributed by atoms with E-state index in [4.69, 9.17) is 9.15 Å². The minimum absolute atomic E-state index is 0.498. The number of rotatable bonds is 10. The van der Waals surface area contributed by atoms with E-state index in [2.05, 4.69) is 47.5 Å². The van der Waals surface area contributed by atoms with E-state index < -0.39 is 0 Å². The van der Waals surface area contributed by atoms with Gasteiger partial charge >= 0.3 is 0 Å². The Balaban J connectivity index is 0.00000114. The molecular weight excluding hydrogens is 454 g/mol. The molecule has 3 rings (SSSR count). The second kappa shape index (κ2) is 17.1. The summed E-state index contributed by atoms with van der Waals surface area (Å²) in [5, 5.41) is 7.14. The van der Waals surface area contributed by atoms with Crippen molar-refractivity contribution < 1.29 is 9.15 Å². The smallest absolute Gasteiger partial charge is 0.187 e. The lowest BCUT2D eigenvalue weighted by atomic mass is 10.1. The van der Waals surface area contributed by atoms with Gasteiger partial charge in [0.2, 0.25) is 0 Å². The van der Waals surface area contributed by atoms with Crippen LogP contribution in [-0.4, -0.2) is 9.97 Å². The SMILES string of the molecule is C=C(/C=C(\C)Nc1nc(Cc2cc3cnccc3o2)cs1)O/C=C/CC(C)/C=C\C.C=CC.CC. The van der Waals surface area contributed by atoms with Crippen LogP contribution in [0.1, 0.15) is 59.4 Å². The van der Waals surface area contributed by atoms with Gasteiger partial charge in [0.1, 0.15) is 17.1 Å². The molecule has 0 fully saturated rings. The number of ether oxygens (including phenoxy) is 1. The topological polar surface area (TPSA) is 60.2 Å². The summed E-state index contributed by atoms with van der Waals surface area (Å²) >= 11 is 1.55. The molecule has 0 radical (unpaired) electrons. The first kappa shape index (κ1) is 29.7. The number of furan rings is 1. The fraction of sp³-hybridized carbons (Fsp3) is 0.310. The third-order valence-electron chi connectivity index (χ3n) is 4.30. The lowest BCUT2D eigenvalue weighted by molar-refractivity contribution is 0.367. The molecule has 188 valence electrons. The minimum Gasteiger partial charge on any atom is -0.466 e. The van der Waals surface area contributed by atoms with Crippen molar-refractivity contribution in [2.24, 2.45) is 5.92 Å². The van der Waals surface area contributed by atoms with Gasteiger partial charge in [-0.1, -0.05) is 45.6 Å². The van der Waals surface area contributed by atoms with E-state index in [0.29, 0.717) is 18.1 Å². The van der Waals surface area contributed by atoms with Crippen LogP contribution in [0, 0.1) is 5.92 Å². The first-order valence-corrected chi connectivity index (χ1v) is 12.8. The van der Waals surface area contributed by atoms with Crippen molar-refractivity contribution in [1.29, 1.82) is 0 Å². The van der Waals surface area contributed by atoms with E-state index >= 15 is 0 Å². The van der Waals surface area contributed by atoms with Crippen molar-refractivity contribution in [1.82, 2.24) is 9.97 Å². The highest BCUT2D eigenvalue weighted by Gasteiger charge is 2.08. The van der Waals surface area contributed by atoms with E-state index in [9.17, 15) is 0 Å². The molecule has 0 aliphatic heterocycles. The molecule has 1 N–H and O–H groups in total. The normalized spacial score (nSPS) is 12.0. The number of nitrogens with one attached hydrogen (secondary N) is 1. The van der Waals surface area contributed by atoms with E-state index in [1.165, 1.54) is 0 Å². The van der Waals surface area contributed by atoms with Gasteiger partial charge in [0.25, 0.3) is 0 Å². The Labute approximate surface area is 214 Å².